The summed E-state index contributed by atoms with van der Waals surface area (Å²) in [6.07, 6.45) is -6.08. The van der Waals surface area contributed by atoms with Crippen molar-refractivity contribution in [2.45, 2.75) is 207 Å². The Bertz CT molecular complexity index is 4230. The van der Waals surface area contributed by atoms with Gasteiger partial charge < -0.3 is 25.5 Å². The van der Waals surface area contributed by atoms with E-state index in [-0.39, 0.29) is 80.2 Å². The van der Waals surface area contributed by atoms with Crippen LogP contribution in [0.15, 0.2) is 128 Å². The van der Waals surface area contributed by atoms with Crippen molar-refractivity contribution in [2.24, 2.45) is 17.8 Å². The molecule has 0 unspecified atom stereocenters. The molecule has 6 aliphatic rings. The molecule has 98 heavy (non-hydrogen) atoms. The Kier molecular flexibility index (Phi) is 17.7. The van der Waals surface area contributed by atoms with Crippen molar-refractivity contribution in [1.82, 2.24) is 29.3 Å². The Morgan fingerprint density at radius 2 is 0.714 bits per heavy atom. The minimum atomic E-state index is -4.68. The number of hydrogen-bond acceptors (Lipinski definition) is 8. The molecule has 0 saturated heterocycles. The van der Waals surface area contributed by atoms with Crippen molar-refractivity contribution >= 4 is 32.7 Å². The maximum atomic E-state index is 13.7. The zero-order valence-electron chi connectivity index (χ0n) is 54.4. The Hall–Kier alpha value is -7.31. The average molecular weight is 1370 g/mol. The van der Waals surface area contributed by atoms with Crippen LogP contribution in [0, 0.1) is 35.2 Å². The molecule has 9 aromatic rings. The van der Waals surface area contributed by atoms with Gasteiger partial charge in [0, 0.05) is 16.2 Å². The molecule has 6 aromatic carbocycles. The first-order chi connectivity index (χ1) is 46.3. The molecule has 5 N–H and O–H groups in total. The molecular formula is C75H78F12N6O5. The van der Waals surface area contributed by atoms with Crippen LogP contribution in [0.5, 0.6) is 0 Å². The first-order valence-electron chi connectivity index (χ1n) is 33.9. The summed E-state index contributed by atoms with van der Waals surface area (Å²) >= 11 is 0. The molecule has 3 aromatic heterocycles. The van der Waals surface area contributed by atoms with E-state index >= 15 is 0 Å². The van der Waals surface area contributed by atoms with Gasteiger partial charge in [-0.3, -0.25) is 0 Å². The number of benzene rings is 6. The number of hydrogen-bond donors (Lipinski definition) is 5. The third-order valence-electron chi connectivity index (χ3n) is 23.9. The number of halogens is 12. The van der Waals surface area contributed by atoms with Gasteiger partial charge in [0.2, 0.25) is 0 Å². The molecule has 11 nitrogen and oxygen atoms in total. The predicted molar refractivity (Wildman–Crippen MR) is 345 cm³/mol. The van der Waals surface area contributed by atoms with Gasteiger partial charge in [-0.05, 0) is 299 Å². The molecule has 23 heteroatoms. The van der Waals surface area contributed by atoms with Crippen LogP contribution in [0.4, 0.5) is 52.7 Å². The van der Waals surface area contributed by atoms with Crippen LogP contribution in [0.1, 0.15) is 182 Å². The molecule has 0 radical (unpaired) electrons. The summed E-state index contributed by atoms with van der Waals surface area (Å²) in [5.74, 6) is -2.05. The Morgan fingerprint density at radius 3 is 1.04 bits per heavy atom. The molecule has 0 bridgehead atoms. The van der Waals surface area contributed by atoms with E-state index in [2.05, 4.69) is 27.4 Å². The topological polar surface area (TPSA) is 155 Å². The van der Waals surface area contributed by atoms with E-state index in [9.17, 15) is 78.2 Å². The fraction of sp³-hybridized carbons (Fsp3) is 0.480. The fourth-order valence-electron chi connectivity index (χ4n) is 18.3. The summed E-state index contributed by atoms with van der Waals surface area (Å²) in [5, 5.41) is 69.3. The van der Waals surface area contributed by atoms with E-state index in [1.54, 1.807) is 69.0 Å². The number of nitrogens with zero attached hydrogens (tertiary/aromatic N) is 6. The van der Waals surface area contributed by atoms with Gasteiger partial charge in [0.1, 0.15) is 17.5 Å². The number of rotatable bonds is 6. The Balaban J connectivity index is 0.000000132. The predicted octanol–water partition coefficient (Wildman–Crippen LogP) is 17.7. The summed E-state index contributed by atoms with van der Waals surface area (Å²) in [5.41, 5.74) is 0.379. The smallest absolute Gasteiger partial charge is 0.388 e. The monoisotopic (exact) mass is 1370 g/mol. The van der Waals surface area contributed by atoms with Gasteiger partial charge in [0.15, 0.2) is 16.8 Å². The van der Waals surface area contributed by atoms with Crippen molar-refractivity contribution in [3.63, 3.8) is 0 Å². The molecule has 11 atom stereocenters. The molecule has 15 rings (SSSR count). The molecular weight excluding hydrogens is 1290 g/mol. The zero-order valence-corrected chi connectivity index (χ0v) is 54.4. The van der Waals surface area contributed by atoms with Crippen molar-refractivity contribution < 1.29 is 78.2 Å². The third-order valence-corrected chi connectivity index (χ3v) is 23.9. The van der Waals surface area contributed by atoms with Gasteiger partial charge in [-0.2, -0.15) is 54.8 Å². The van der Waals surface area contributed by atoms with Gasteiger partial charge in [-0.25, -0.2) is 27.2 Å². The van der Waals surface area contributed by atoms with Gasteiger partial charge in [0.25, 0.3) is 0 Å². The summed E-state index contributed by atoms with van der Waals surface area (Å²) in [4.78, 5) is 0. The summed E-state index contributed by atoms with van der Waals surface area (Å²) in [6, 6.07) is 29.8. The number of aryl methyl sites for hydroxylation is 1. The molecule has 522 valence electrons. The quantitative estimate of drug-likeness (QED) is 0.103. The van der Waals surface area contributed by atoms with Gasteiger partial charge in [0.05, 0.1) is 64.4 Å². The van der Waals surface area contributed by atoms with Crippen molar-refractivity contribution in [3.05, 3.63) is 179 Å². The second kappa shape index (κ2) is 25.1. The van der Waals surface area contributed by atoms with Crippen LogP contribution in [0.3, 0.4) is 0 Å². The second-order valence-electron chi connectivity index (χ2n) is 28.6. The number of aliphatic hydroxyl groups is 5. The first-order valence-corrected chi connectivity index (χ1v) is 33.9. The first kappa shape index (κ1) is 69.2. The summed E-state index contributed by atoms with van der Waals surface area (Å²) < 4.78 is 168. The number of aliphatic hydroxyl groups excluding tert-OH is 2. The van der Waals surface area contributed by atoms with Crippen LogP contribution >= 0.6 is 0 Å². The van der Waals surface area contributed by atoms with Gasteiger partial charge >= 0.3 is 18.5 Å². The van der Waals surface area contributed by atoms with Crippen LogP contribution in [0.25, 0.3) is 49.8 Å². The highest BCUT2D eigenvalue weighted by Crippen LogP contribution is 2.61. The molecule has 6 aliphatic carbocycles. The third kappa shape index (κ3) is 11.7. The van der Waals surface area contributed by atoms with Gasteiger partial charge in [-0.15, -0.1) is 0 Å². The average Bonchev–Trinajstić information content (AvgIpc) is 1.42. The number of fused-ring (bicyclic) bond motifs is 12. The van der Waals surface area contributed by atoms with Crippen LogP contribution in [-0.2, 0) is 22.7 Å². The standard InChI is InChI=1S/2C25H26F4N2O2.C25H26F4N2O/c2*1-2-23-9-10-24(33,25(27,28)29)13-16(23)3-8-22(32)19-12-21-15(11-20(19)23)14-30-31(21)18-6-4-17(26)5-7-18;1-2-23-10-11-24(32,25(27,28)29)14-18(23)5-3-4-16-13-22-17(12-21(16)23)15-30-31(22)20-8-6-19(26)7-9-20/h2*4-7,11-12,14,16,22,32-33H,2-3,8-10,13H2,1H3;6-9,12-13,15,18,32H,2-5,10-11,14H2,1H3/t16-,22+,23-,24-;16-,22-,23-,24-;18-,23-,24-/m111/s1. The maximum Gasteiger partial charge on any atom is 0.417 e. The molecule has 3 fully saturated rings. The Labute approximate surface area is 558 Å². The lowest BCUT2D eigenvalue weighted by Crippen LogP contribution is -2.54. The van der Waals surface area contributed by atoms with E-state index in [0.717, 1.165) is 79.9 Å². The maximum absolute atomic E-state index is 13.7. The lowest BCUT2D eigenvalue weighted by molar-refractivity contribution is -0.279. The number of aromatic nitrogens is 6. The highest BCUT2D eigenvalue weighted by Gasteiger charge is 2.64. The molecule has 0 aliphatic heterocycles. The second-order valence-corrected chi connectivity index (χ2v) is 28.6. The number of alkyl halides is 9. The van der Waals surface area contributed by atoms with Crippen LogP contribution in [-0.4, -0.2) is 90.2 Å². The van der Waals surface area contributed by atoms with E-state index in [1.807, 2.05) is 45.0 Å². The molecule has 0 spiro atoms. The van der Waals surface area contributed by atoms with Crippen molar-refractivity contribution in [1.29, 1.82) is 0 Å². The molecule has 3 heterocycles. The lowest BCUT2D eigenvalue weighted by Gasteiger charge is -2.50. The minimum absolute atomic E-state index is 0.196. The van der Waals surface area contributed by atoms with Gasteiger partial charge in [-0.1, -0.05) is 20.8 Å². The van der Waals surface area contributed by atoms with E-state index in [4.69, 9.17) is 0 Å². The lowest BCUT2D eigenvalue weighted by atomic mass is 9.56. The van der Waals surface area contributed by atoms with Crippen molar-refractivity contribution in [2.75, 3.05) is 0 Å². The van der Waals surface area contributed by atoms with Crippen LogP contribution in [0.2, 0.25) is 0 Å². The SMILES string of the molecule is CC[C@@]12CC[C@](O)(C(F)(F)F)C[C@H]1CCCc1cc3c(cnn3-c3ccc(F)cc3)cc12.CC[C@@]12CC[C@](O)(C(F)(F)F)C[C@H]1CC[C@@H](O)c1cc3c(cnn3-c3ccc(F)cc3)cc12.CC[C@@]12CC[C@](O)(C(F)(F)F)C[C@H]1CC[C@H](O)c1cc3c(cnn3-c3ccc(F)cc3)cc12. The zero-order chi connectivity index (χ0) is 69.9. The minimum Gasteiger partial charge on any atom is -0.388 e. The molecule has 3 saturated carbocycles. The largest absolute Gasteiger partial charge is 0.417 e. The Morgan fingerprint density at radius 1 is 0.408 bits per heavy atom. The van der Waals surface area contributed by atoms with E-state index in [0.29, 0.717) is 73.9 Å². The van der Waals surface area contributed by atoms with E-state index < -0.39 is 70.2 Å². The van der Waals surface area contributed by atoms with E-state index in [1.165, 1.54) is 36.4 Å². The summed E-state index contributed by atoms with van der Waals surface area (Å²) in [7, 11) is 0. The highest BCUT2D eigenvalue weighted by molar-refractivity contribution is 5.85. The fourth-order valence-corrected chi connectivity index (χ4v) is 18.3. The molecule has 0 amide bonds. The van der Waals surface area contributed by atoms with Crippen molar-refractivity contribution in [3.8, 4) is 17.1 Å². The summed E-state index contributed by atoms with van der Waals surface area (Å²) in [6.45, 7) is 5.99. The van der Waals surface area contributed by atoms with Crippen LogP contribution < -0.4 is 0 Å². The highest BCUT2D eigenvalue weighted by atomic mass is 19.4. The normalized spacial score (nSPS) is 29.4.